The second-order valence-electron chi connectivity index (χ2n) is 4.53. The Balaban J connectivity index is 2.64. The number of methoxy groups -OCH3 is 1. The van der Waals surface area contributed by atoms with Crippen molar-refractivity contribution in [1.29, 1.82) is 0 Å². The summed E-state index contributed by atoms with van der Waals surface area (Å²) in [5.41, 5.74) is 1.18. The second kappa shape index (κ2) is 6.65. The molecule has 0 bridgehead atoms. The molecule has 6 heteroatoms. The van der Waals surface area contributed by atoms with E-state index in [1.807, 2.05) is 18.4 Å². The quantitative estimate of drug-likeness (QED) is 0.771. The normalized spacial score (nSPS) is 15.8. The first-order chi connectivity index (χ1) is 8.36. The Labute approximate surface area is 114 Å². The van der Waals surface area contributed by atoms with Crippen molar-refractivity contribution in [3.63, 3.8) is 0 Å². The number of likely N-dealkylation sites (N-methyl/N-ethyl adjacent to an activating group) is 1. The monoisotopic (exact) mass is 291 g/mol. The third kappa shape index (κ3) is 4.35. The van der Waals surface area contributed by atoms with Crippen molar-refractivity contribution in [2.24, 2.45) is 0 Å². The average Bonchev–Trinajstić information content (AvgIpc) is 2.79. The molecule has 0 aliphatic carbocycles. The zero-order valence-electron chi connectivity index (χ0n) is 11.3. The molecule has 0 aliphatic rings. The molecule has 0 radical (unpaired) electrons. The molecule has 0 N–H and O–H groups in total. The molecule has 1 heterocycles. The Kier molecular flexibility index (Phi) is 5.78. The van der Waals surface area contributed by atoms with E-state index in [9.17, 15) is 8.42 Å². The molecule has 1 aromatic heterocycles. The second-order valence-corrected chi connectivity index (χ2v) is 7.38. The van der Waals surface area contributed by atoms with E-state index in [-0.39, 0.29) is 17.9 Å². The highest BCUT2D eigenvalue weighted by Crippen LogP contribution is 2.14. The van der Waals surface area contributed by atoms with Gasteiger partial charge in [0.05, 0.1) is 11.9 Å². The Bertz CT molecular complexity index is 442. The Morgan fingerprint density at radius 2 is 2.11 bits per heavy atom. The summed E-state index contributed by atoms with van der Waals surface area (Å²) >= 11 is 1.63. The maximum Gasteiger partial charge on any atom is 0.216 e. The van der Waals surface area contributed by atoms with Crippen LogP contribution in [-0.4, -0.2) is 44.8 Å². The van der Waals surface area contributed by atoms with Crippen LogP contribution in [0, 0.1) is 0 Å². The van der Waals surface area contributed by atoms with Gasteiger partial charge >= 0.3 is 0 Å². The summed E-state index contributed by atoms with van der Waals surface area (Å²) in [4.78, 5) is 0. The minimum atomic E-state index is -3.26. The first kappa shape index (κ1) is 15.6. The fourth-order valence-electron chi connectivity index (χ4n) is 1.63. The van der Waals surface area contributed by atoms with Crippen LogP contribution in [0.3, 0.4) is 0 Å². The van der Waals surface area contributed by atoms with Crippen LogP contribution in [0.4, 0.5) is 0 Å². The zero-order valence-corrected chi connectivity index (χ0v) is 12.9. The van der Waals surface area contributed by atoms with Crippen molar-refractivity contribution in [2.45, 2.75) is 32.4 Å². The molecule has 0 saturated carbocycles. The number of nitrogens with zero attached hydrogens (tertiary/aromatic N) is 1. The zero-order chi connectivity index (χ0) is 13.8. The number of hydrogen-bond donors (Lipinski definition) is 0. The SMILES string of the molecule is CO[C@H](C)CS(=O)(=O)N(C)[C@H](C)Cc1ccsc1. The lowest BCUT2D eigenvalue weighted by Crippen LogP contribution is -2.40. The molecular weight excluding hydrogens is 270 g/mol. The van der Waals surface area contributed by atoms with Gasteiger partial charge in [-0.25, -0.2) is 12.7 Å². The maximum absolute atomic E-state index is 12.1. The smallest absolute Gasteiger partial charge is 0.216 e. The molecule has 0 saturated heterocycles. The van der Waals surface area contributed by atoms with Crippen LogP contribution >= 0.6 is 11.3 Å². The lowest BCUT2D eigenvalue weighted by atomic mass is 10.1. The molecule has 1 rings (SSSR count). The predicted octanol–water partition coefficient (Wildman–Crippen LogP) is 1.98. The summed E-state index contributed by atoms with van der Waals surface area (Å²) in [6, 6.07) is 1.98. The summed E-state index contributed by atoms with van der Waals surface area (Å²) in [7, 11) is -0.106. The van der Waals surface area contributed by atoms with Crippen LogP contribution in [0.2, 0.25) is 0 Å². The molecule has 4 nitrogen and oxygen atoms in total. The van der Waals surface area contributed by atoms with Crippen LogP contribution in [-0.2, 0) is 21.2 Å². The third-order valence-corrected chi connectivity index (χ3v) is 5.88. The van der Waals surface area contributed by atoms with E-state index in [1.165, 1.54) is 17.0 Å². The van der Waals surface area contributed by atoms with E-state index < -0.39 is 10.0 Å². The highest BCUT2D eigenvalue weighted by molar-refractivity contribution is 7.89. The summed E-state index contributed by atoms with van der Waals surface area (Å²) in [5, 5.41) is 4.05. The van der Waals surface area contributed by atoms with Gasteiger partial charge in [-0.3, -0.25) is 0 Å². The van der Waals surface area contributed by atoms with Gasteiger partial charge in [0.25, 0.3) is 0 Å². The minimum absolute atomic E-state index is 0.0218. The van der Waals surface area contributed by atoms with Crippen molar-refractivity contribution >= 4 is 21.4 Å². The van der Waals surface area contributed by atoms with Crippen LogP contribution in [0.25, 0.3) is 0 Å². The van der Waals surface area contributed by atoms with Crippen LogP contribution in [0.1, 0.15) is 19.4 Å². The van der Waals surface area contributed by atoms with Crippen molar-refractivity contribution < 1.29 is 13.2 Å². The van der Waals surface area contributed by atoms with Gasteiger partial charge in [0.2, 0.25) is 10.0 Å². The maximum atomic E-state index is 12.1. The van der Waals surface area contributed by atoms with E-state index >= 15 is 0 Å². The first-order valence-electron chi connectivity index (χ1n) is 5.86. The summed E-state index contributed by atoms with van der Waals surface area (Å²) in [6.07, 6.45) is 0.450. The number of rotatable bonds is 7. The lowest BCUT2D eigenvalue weighted by Gasteiger charge is -2.25. The number of hydrogen-bond acceptors (Lipinski definition) is 4. The van der Waals surface area contributed by atoms with Crippen LogP contribution in [0.15, 0.2) is 16.8 Å². The molecule has 2 atom stereocenters. The van der Waals surface area contributed by atoms with Gasteiger partial charge in [-0.2, -0.15) is 11.3 Å². The topological polar surface area (TPSA) is 46.6 Å². The van der Waals surface area contributed by atoms with Gasteiger partial charge in [-0.05, 0) is 42.7 Å². The van der Waals surface area contributed by atoms with E-state index in [4.69, 9.17) is 4.74 Å². The van der Waals surface area contributed by atoms with Gasteiger partial charge in [0.1, 0.15) is 0 Å². The average molecular weight is 291 g/mol. The van der Waals surface area contributed by atoms with E-state index in [0.717, 1.165) is 6.42 Å². The molecule has 1 aromatic rings. The van der Waals surface area contributed by atoms with Gasteiger partial charge < -0.3 is 4.74 Å². The molecule has 18 heavy (non-hydrogen) atoms. The van der Waals surface area contributed by atoms with Gasteiger partial charge in [-0.1, -0.05) is 0 Å². The summed E-state index contributed by atoms with van der Waals surface area (Å²) in [5.74, 6) is 0.0218. The van der Waals surface area contributed by atoms with Crippen molar-refractivity contribution in [2.75, 3.05) is 19.9 Å². The van der Waals surface area contributed by atoms with E-state index in [1.54, 1.807) is 25.3 Å². The van der Waals surface area contributed by atoms with Crippen LogP contribution < -0.4 is 0 Å². The highest BCUT2D eigenvalue weighted by Gasteiger charge is 2.25. The number of sulfonamides is 1. The van der Waals surface area contributed by atoms with Crippen LogP contribution in [0.5, 0.6) is 0 Å². The van der Waals surface area contributed by atoms with Crippen molar-refractivity contribution in [3.8, 4) is 0 Å². The largest absolute Gasteiger partial charge is 0.381 e. The van der Waals surface area contributed by atoms with Gasteiger partial charge in [0, 0.05) is 20.2 Å². The Hall–Kier alpha value is -0.430. The van der Waals surface area contributed by atoms with Crippen molar-refractivity contribution in [3.05, 3.63) is 22.4 Å². The number of thiophene rings is 1. The Morgan fingerprint density at radius 3 is 2.61 bits per heavy atom. The molecular formula is C12H21NO3S2. The molecule has 0 aromatic carbocycles. The van der Waals surface area contributed by atoms with Crippen molar-refractivity contribution in [1.82, 2.24) is 4.31 Å². The minimum Gasteiger partial charge on any atom is -0.381 e. The summed E-state index contributed by atoms with van der Waals surface area (Å²) in [6.45, 7) is 3.68. The van der Waals surface area contributed by atoms with E-state index in [2.05, 4.69) is 5.38 Å². The molecule has 0 fully saturated rings. The lowest BCUT2D eigenvalue weighted by molar-refractivity contribution is 0.135. The first-order valence-corrected chi connectivity index (χ1v) is 8.41. The number of ether oxygens (including phenoxy) is 1. The summed E-state index contributed by atoms with van der Waals surface area (Å²) < 4.78 is 30.7. The molecule has 0 unspecified atom stereocenters. The van der Waals surface area contributed by atoms with E-state index in [0.29, 0.717) is 0 Å². The standard InChI is InChI=1S/C12H21NO3S2/c1-10(7-12-5-6-17-8-12)13(3)18(14,15)9-11(2)16-4/h5-6,8,10-11H,7,9H2,1-4H3/t10-,11-/m1/s1. The predicted molar refractivity (Wildman–Crippen MR) is 75.5 cm³/mol. The third-order valence-electron chi connectivity index (χ3n) is 3.02. The molecule has 0 amide bonds. The Morgan fingerprint density at radius 1 is 1.44 bits per heavy atom. The highest BCUT2D eigenvalue weighted by atomic mass is 32.2. The van der Waals surface area contributed by atoms with Gasteiger partial charge in [-0.15, -0.1) is 0 Å². The molecule has 104 valence electrons. The molecule has 0 spiro atoms. The van der Waals surface area contributed by atoms with Gasteiger partial charge in [0.15, 0.2) is 0 Å². The fourth-order valence-corrected chi connectivity index (χ4v) is 3.90. The molecule has 0 aliphatic heterocycles. The fraction of sp³-hybridized carbons (Fsp3) is 0.667.